The van der Waals surface area contributed by atoms with Crippen LogP contribution in [0.1, 0.15) is 24.8 Å². The predicted octanol–water partition coefficient (Wildman–Crippen LogP) is 1.36. The quantitative estimate of drug-likeness (QED) is 0.878. The van der Waals surface area contributed by atoms with Gasteiger partial charge in [0.15, 0.2) is 0 Å². The van der Waals surface area contributed by atoms with Crippen LogP contribution < -0.4 is 10.5 Å². The first kappa shape index (κ1) is 12.9. The van der Waals surface area contributed by atoms with E-state index in [9.17, 15) is 4.79 Å². The fourth-order valence-corrected chi connectivity index (χ4v) is 2.61. The molecule has 2 atom stereocenters. The molecule has 2 N–H and O–H groups in total. The van der Waals surface area contributed by atoms with E-state index in [0.717, 1.165) is 18.7 Å². The van der Waals surface area contributed by atoms with Crippen LogP contribution in [0.2, 0.25) is 0 Å². The molecule has 0 spiro atoms. The zero-order valence-electron chi connectivity index (χ0n) is 10.9. The molecule has 1 aromatic rings. The highest BCUT2D eigenvalue weighted by atomic mass is 16.5. The maximum absolute atomic E-state index is 11.7. The molecular weight excluding hydrogens is 228 g/mol. The van der Waals surface area contributed by atoms with Crippen molar-refractivity contribution in [2.75, 3.05) is 20.2 Å². The second kappa shape index (κ2) is 5.40. The Morgan fingerprint density at radius 2 is 2.11 bits per heavy atom. The van der Waals surface area contributed by atoms with E-state index in [1.54, 1.807) is 7.11 Å². The zero-order chi connectivity index (χ0) is 13.1. The van der Waals surface area contributed by atoms with Crippen LogP contribution in [0.4, 0.5) is 0 Å². The molecular formula is C14H20N2O2. The number of benzene rings is 1. The Morgan fingerprint density at radius 1 is 1.44 bits per heavy atom. The highest BCUT2D eigenvalue weighted by molar-refractivity contribution is 5.78. The molecule has 1 aromatic carbocycles. The van der Waals surface area contributed by atoms with Crippen LogP contribution in [0.3, 0.4) is 0 Å². The zero-order valence-corrected chi connectivity index (χ0v) is 10.9. The van der Waals surface area contributed by atoms with Gasteiger partial charge in [-0.05, 0) is 31.0 Å². The maximum Gasteiger partial charge on any atom is 0.236 e. The summed E-state index contributed by atoms with van der Waals surface area (Å²) < 4.78 is 5.15. The van der Waals surface area contributed by atoms with Gasteiger partial charge in [0.1, 0.15) is 5.75 Å². The van der Waals surface area contributed by atoms with Gasteiger partial charge in [-0.25, -0.2) is 0 Å². The van der Waals surface area contributed by atoms with Gasteiger partial charge in [-0.2, -0.15) is 0 Å². The summed E-state index contributed by atoms with van der Waals surface area (Å²) in [5.74, 6) is 1.31. The minimum atomic E-state index is 0.0403. The maximum atomic E-state index is 11.7. The highest BCUT2D eigenvalue weighted by Crippen LogP contribution is 2.32. The summed E-state index contributed by atoms with van der Waals surface area (Å²) in [4.78, 5) is 13.6. The number of hydrogen-bond acceptors (Lipinski definition) is 3. The van der Waals surface area contributed by atoms with E-state index in [1.807, 2.05) is 17.0 Å². The van der Waals surface area contributed by atoms with Gasteiger partial charge in [0.25, 0.3) is 0 Å². The molecule has 0 radical (unpaired) electrons. The molecule has 98 valence electrons. The van der Waals surface area contributed by atoms with E-state index in [1.165, 1.54) is 5.56 Å². The SMILES string of the molecule is COc1ccc([C@@H]2C[C@@H](C)N(C(=O)CN)C2)cc1. The van der Waals surface area contributed by atoms with Gasteiger partial charge in [-0.15, -0.1) is 0 Å². The first-order chi connectivity index (χ1) is 8.65. The third kappa shape index (κ3) is 2.48. The number of nitrogens with two attached hydrogens (primary N) is 1. The average molecular weight is 248 g/mol. The molecule has 4 heteroatoms. The number of rotatable bonds is 3. The number of methoxy groups -OCH3 is 1. The van der Waals surface area contributed by atoms with Crippen LogP contribution in [-0.4, -0.2) is 37.0 Å². The normalized spacial score (nSPS) is 23.2. The van der Waals surface area contributed by atoms with Crippen LogP contribution in [-0.2, 0) is 4.79 Å². The van der Waals surface area contributed by atoms with Crippen LogP contribution >= 0.6 is 0 Å². The van der Waals surface area contributed by atoms with Crippen molar-refractivity contribution in [1.82, 2.24) is 4.90 Å². The highest BCUT2D eigenvalue weighted by Gasteiger charge is 2.32. The fourth-order valence-electron chi connectivity index (χ4n) is 2.61. The molecule has 0 aliphatic carbocycles. The second-order valence-electron chi connectivity index (χ2n) is 4.81. The lowest BCUT2D eigenvalue weighted by atomic mass is 9.97. The number of hydrogen-bond donors (Lipinski definition) is 1. The molecule has 18 heavy (non-hydrogen) atoms. The van der Waals surface area contributed by atoms with Gasteiger partial charge in [0.05, 0.1) is 13.7 Å². The average Bonchev–Trinajstić information content (AvgIpc) is 2.80. The van der Waals surface area contributed by atoms with E-state index in [-0.39, 0.29) is 18.5 Å². The number of ether oxygens (including phenoxy) is 1. The van der Waals surface area contributed by atoms with Crippen molar-refractivity contribution in [1.29, 1.82) is 0 Å². The van der Waals surface area contributed by atoms with Crippen molar-refractivity contribution in [3.05, 3.63) is 29.8 Å². The van der Waals surface area contributed by atoms with Crippen LogP contribution in [0.5, 0.6) is 5.75 Å². The van der Waals surface area contributed by atoms with Gasteiger partial charge < -0.3 is 15.4 Å². The van der Waals surface area contributed by atoms with Crippen molar-refractivity contribution in [2.45, 2.75) is 25.3 Å². The van der Waals surface area contributed by atoms with Gasteiger partial charge in [0, 0.05) is 18.5 Å². The van der Waals surface area contributed by atoms with Crippen molar-refractivity contribution in [3.8, 4) is 5.75 Å². The predicted molar refractivity (Wildman–Crippen MR) is 70.6 cm³/mol. The Bertz CT molecular complexity index is 416. The third-order valence-electron chi connectivity index (χ3n) is 3.66. The van der Waals surface area contributed by atoms with E-state index in [2.05, 4.69) is 19.1 Å². The molecule has 1 saturated heterocycles. The summed E-state index contributed by atoms with van der Waals surface area (Å²) in [6.07, 6.45) is 0.998. The molecule has 4 nitrogen and oxygen atoms in total. The molecule has 0 aromatic heterocycles. The standard InChI is InChI=1S/C14H20N2O2/c1-10-7-12(9-16(10)14(17)8-15)11-3-5-13(18-2)6-4-11/h3-6,10,12H,7-9,15H2,1-2H3/t10-,12-/m1/s1. The number of likely N-dealkylation sites (tertiary alicyclic amines) is 1. The number of carbonyl (C=O) groups is 1. The Labute approximate surface area is 108 Å². The minimum absolute atomic E-state index is 0.0403. The lowest BCUT2D eigenvalue weighted by Crippen LogP contribution is -2.38. The largest absolute Gasteiger partial charge is 0.497 e. The van der Waals surface area contributed by atoms with E-state index < -0.39 is 0 Å². The van der Waals surface area contributed by atoms with Crippen LogP contribution in [0.25, 0.3) is 0 Å². The second-order valence-corrected chi connectivity index (χ2v) is 4.81. The van der Waals surface area contributed by atoms with Gasteiger partial charge in [0.2, 0.25) is 5.91 Å². The summed E-state index contributed by atoms with van der Waals surface area (Å²) in [6.45, 7) is 2.94. The Balaban J connectivity index is 2.09. The van der Waals surface area contributed by atoms with E-state index >= 15 is 0 Å². The summed E-state index contributed by atoms with van der Waals surface area (Å²) >= 11 is 0. The van der Waals surface area contributed by atoms with Gasteiger partial charge in [-0.1, -0.05) is 12.1 Å². The lowest BCUT2D eigenvalue weighted by Gasteiger charge is -2.20. The summed E-state index contributed by atoms with van der Waals surface area (Å²) in [5.41, 5.74) is 6.69. The van der Waals surface area contributed by atoms with Crippen molar-refractivity contribution in [2.24, 2.45) is 5.73 Å². The molecule has 1 aliphatic heterocycles. The van der Waals surface area contributed by atoms with Gasteiger partial charge in [-0.3, -0.25) is 4.79 Å². The molecule has 1 fully saturated rings. The first-order valence-electron chi connectivity index (χ1n) is 6.29. The number of carbonyl (C=O) groups excluding carboxylic acids is 1. The molecule has 2 rings (SSSR count). The summed E-state index contributed by atoms with van der Waals surface area (Å²) in [5, 5.41) is 0. The minimum Gasteiger partial charge on any atom is -0.497 e. The summed E-state index contributed by atoms with van der Waals surface area (Å²) in [6, 6.07) is 8.35. The van der Waals surface area contributed by atoms with Crippen LogP contribution in [0, 0.1) is 0 Å². The Hall–Kier alpha value is -1.55. The first-order valence-corrected chi connectivity index (χ1v) is 6.29. The summed E-state index contributed by atoms with van der Waals surface area (Å²) in [7, 11) is 1.66. The molecule has 0 saturated carbocycles. The molecule has 1 aliphatic rings. The number of nitrogens with zero attached hydrogens (tertiary/aromatic N) is 1. The lowest BCUT2D eigenvalue weighted by molar-refractivity contribution is -0.130. The third-order valence-corrected chi connectivity index (χ3v) is 3.66. The molecule has 0 bridgehead atoms. The van der Waals surface area contributed by atoms with Gasteiger partial charge >= 0.3 is 0 Å². The van der Waals surface area contributed by atoms with Crippen molar-refractivity contribution >= 4 is 5.91 Å². The van der Waals surface area contributed by atoms with Crippen molar-refractivity contribution < 1.29 is 9.53 Å². The van der Waals surface area contributed by atoms with E-state index in [4.69, 9.17) is 10.5 Å². The molecule has 0 unspecified atom stereocenters. The molecule has 1 amide bonds. The topological polar surface area (TPSA) is 55.6 Å². The van der Waals surface area contributed by atoms with Crippen LogP contribution in [0.15, 0.2) is 24.3 Å². The number of amides is 1. The molecule has 1 heterocycles. The van der Waals surface area contributed by atoms with Crippen molar-refractivity contribution in [3.63, 3.8) is 0 Å². The monoisotopic (exact) mass is 248 g/mol. The fraction of sp³-hybridized carbons (Fsp3) is 0.500. The Kier molecular flexibility index (Phi) is 3.87. The smallest absolute Gasteiger partial charge is 0.236 e. The van der Waals surface area contributed by atoms with E-state index in [0.29, 0.717) is 5.92 Å². The Morgan fingerprint density at radius 3 is 2.67 bits per heavy atom.